The Labute approximate surface area is 184 Å². The van der Waals surface area contributed by atoms with Crippen LogP contribution in [0.4, 0.5) is 5.69 Å². The lowest BCUT2D eigenvalue weighted by atomic mass is 10.0. The molecule has 1 atom stereocenters. The first-order valence-corrected chi connectivity index (χ1v) is 11.4. The number of rotatable bonds is 8. The van der Waals surface area contributed by atoms with Gasteiger partial charge in [0.15, 0.2) is 0 Å². The zero-order chi connectivity index (χ0) is 21.5. The molecule has 0 bridgehead atoms. The summed E-state index contributed by atoms with van der Waals surface area (Å²) in [5.74, 6) is -0.110. The molecule has 0 aliphatic carbocycles. The van der Waals surface area contributed by atoms with Crippen molar-refractivity contribution in [2.24, 2.45) is 0 Å². The van der Waals surface area contributed by atoms with Crippen LogP contribution in [-0.4, -0.2) is 55.5 Å². The molecule has 4 rings (SSSR count). The predicted molar refractivity (Wildman–Crippen MR) is 123 cm³/mol. The molecule has 1 unspecified atom stereocenters. The van der Waals surface area contributed by atoms with Gasteiger partial charge in [0.1, 0.15) is 0 Å². The molecule has 0 spiro atoms. The van der Waals surface area contributed by atoms with Crippen molar-refractivity contribution in [1.29, 1.82) is 0 Å². The van der Waals surface area contributed by atoms with Crippen LogP contribution in [-0.2, 0) is 22.6 Å². The molecule has 2 amide bonds. The van der Waals surface area contributed by atoms with Crippen LogP contribution in [0.15, 0.2) is 54.6 Å². The van der Waals surface area contributed by atoms with E-state index in [0.29, 0.717) is 19.6 Å². The van der Waals surface area contributed by atoms with Crippen molar-refractivity contribution in [3.05, 3.63) is 65.7 Å². The second kappa shape index (κ2) is 10.4. The molecular weight excluding hydrogens is 388 g/mol. The summed E-state index contributed by atoms with van der Waals surface area (Å²) in [5.41, 5.74) is 3.90. The third kappa shape index (κ3) is 5.64. The molecule has 2 aromatic rings. The summed E-state index contributed by atoms with van der Waals surface area (Å²) in [6.45, 7) is 4.70. The van der Waals surface area contributed by atoms with E-state index in [-0.39, 0.29) is 18.2 Å². The molecule has 2 aliphatic rings. The minimum Gasteiger partial charge on any atom is -0.371 e. The van der Waals surface area contributed by atoms with E-state index in [4.69, 9.17) is 0 Å². The molecule has 0 aromatic heterocycles. The van der Waals surface area contributed by atoms with Crippen molar-refractivity contribution in [3.63, 3.8) is 0 Å². The van der Waals surface area contributed by atoms with E-state index in [2.05, 4.69) is 56.8 Å². The number of benzene rings is 2. The standard InChI is InChI=1S/C25H32N4O2/c30-24(26-13-7-16-28-15-6-11-21-10-4-5-12-22(21)28)18-23-25(31)27-14-17-29(23)19-20-8-2-1-3-9-20/h1-5,8-10,12,23H,6-7,11,13-19H2,(H,26,30)(H,27,31). The highest BCUT2D eigenvalue weighted by Crippen LogP contribution is 2.26. The van der Waals surface area contributed by atoms with Crippen molar-refractivity contribution in [2.75, 3.05) is 37.6 Å². The Kier molecular flexibility index (Phi) is 7.20. The molecule has 2 N–H and O–H groups in total. The van der Waals surface area contributed by atoms with Crippen LogP contribution >= 0.6 is 0 Å². The molecule has 164 valence electrons. The number of nitrogens with one attached hydrogen (secondary N) is 2. The molecule has 0 saturated carbocycles. The zero-order valence-electron chi connectivity index (χ0n) is 18.1. The fourth-order valence-corrected chi connectivity index (χ4v) is 4.58. The number of amides is 2. The monoisotopic (exact) mass is 420 g/mol. The van der Waals surface area contributed by atoms with Gasteiger partial charge in [0, 0.05) is 45.0 Å². The topological polar surface area (TPSA) is 64.7 Å². The second-order valence-corrected chi connectivity index (χ2v) is 8.39. The maximum atomic E-state index is 12.6. The largest absolute Gasteiger partial charge is 0.371 e. The van der Waals surface area contributed by atoms with Gasteiger partial charge in [-0.3, -0.25) is 14.5 Å². The van der Waals surface area contributed by atoms with Gasteiger partial charge in [0.05, 0.1) is 12.5 Å². The highest BCUT2D eigenvalue weighted by Gasteiger charge is 2.31. The van der Waals surface area contributed by atoms with Gasteiger partial charge in [-0.25, -0.2) is 0 Å². The van der Waals surface area contributed by atoms with E-state index in [0.717, 1.165) is 38.0 Å². The first-order chi connectivity index (χ1) is 15.2. The summed E-state index contributed by atoms with van der Waals surface area (Å²) in [7, 11) is 0. The van der Waals surface area contributed by atoms with Crippen molar-refractivity contribution < 1.29 is 9.59 Å². The highest BCUT2D eigenvalue weighted by atomic mass is 16.2. The quantitative estimate of drug-likeness (QED) is 0.644. The average Bonchev–Trinajstić information content (AvgIpc) is 2.80. The molecule has 2 heterocycles. The lowest BCUT2D eigenvalue weighted by molar-refractivity contribution is -0.134. The van der Waals surface area contributed by atoms with Crippen LogP contribution in [0, 0.1) is 0 Å². The Bertz CT molecular complexity index is 886. The third-order valence-corrected chi connectivity index (χ3v) is 6.18. The van der Waals surface area contributed by atoms with Gasteiger partial charge < -0.3 is 15.5 Å². The fourth-order valence-electron chi connectivity index (χ4n) is 4.58. The number of nitrogens with zero attached hydrogens (tertiary/aromatic N) is 2. The molecule has 6 nitrogen and oxygen atoms in total. The van der Waals surface area contributed by atoms with E-state index in [1.165, 1.54) is 17.7 Å². The van der Waals surface area contributed by atoms with Crippen LogP contribution in [0.3, 0.4) is 0 Å². The average molecular weight is 421 g/mol. The number of carbonyl (C=O) groups excluding carboxylic acids is 2. The number of carbonyl (C=O) groups is 2. The van der Waals surface area contributed by atoms with E-state index in [1.54, 1.807) is 0 Å². The Morgan fingerprint density at radius 1 is 1.06 bits per heavy atom. The SMILES string of the molecule is O=C(CC1C(=O)NCCN1Cc1ccccc1)NCCCN1CCCc2ccccc21. The van der Waals surface area contributed by atoms with Crippen molar-refractivity contribution in [2.45, 2.75) is 38.3 Å². The summed E-state index contributed by atoms with van der Waals surface area (Å²) >= 11 is 0. The van der Waals surface area contributed by atoms with Gasteiger partial charge in [-0.2, -0.15) is 0 Å². The number of fused-ring (bicyclic) bond motifs is 1. The first kappa shape index (κ1) is 21.4. The van der Waals surface area contributed by atoms with Gasteiger partial charge in [-0.15, -0.1) is 0 Å². The number of piperazine rings is 1. The summed E-state index contributed by atoms with van der Waals surface area (Å²) in [4.78, 5) is 29.5. The maximum absolute atomic E-state index is 12.6. The second-order valence-electron chi connectivity index (χ2n) is 8.39. The van der Waals surface area contributed by atoms with E-state index in [1.807, 2.05) is 18.2 Å². The summed E-state index contributed by atoms with van der Waals surface area (Å²) in [5, 5.41) is 5.93. The summed E-state index contributed by atoms with van der Waals surface area (Å²) in [6, 6.07) is 18.3. The van der Waals surface area contributed by atoms with Gasteiger partial charge in [-0.05, 0) is 36.5 Å². The van der Waals surface area contributed by atoms with Crippen LogP contribution in [0.2, 0.25) is 0 Å². The first-order valence-electron chi connectivity index (χ1n) is 11.4. The predicted octanol–water partition coefficient (Wildman–Crippen LogP) is 2.34. The van der Waals surface area contributed by atoms with Gasteiger partial charge in [0.2, 0.25) is 11.8 Å². The van der Waals surface area contributed by atoms with Gasteiger partial charge in [0.25, 0.3) is 0 Å². The van der Waals surface area contributed by atoms with Crippen molar-refractivity contribution in [3.8, 4) is 0 Å². The van der Waals surface area contributed by atoms with E-state index in [9.17, 15) is 9.59 Å². The summed E-state index contributed by atoms with van der Waals surface area (Å²) < 4.78 is 0. The van der Waals surface area contributed by atoms with Gasteiger partial charge >= 0.3 is 0 Å². The van der Waals surface area contributed by atoms with Crippen LogP contribution < -0.4 is 15.5 Å². The minimum atomic E-state index is -0.414. The van der Waals surface area contributed by atoms with Crippen molar-refractivity contribution in [1.82, 2.24) is 15.5 Å². The number of aryl methyl sites for hydroxylation is 1. The highest BCUT2D eigenvalue weighted by molar-refractivity contribution is 5.88. The van der Waals surface area contributed by atoms with Gasteiger partial charge in [-0.1, -0.05) is 48.5 Å². The number of hydrogen-bond acceptors (Lipinski definition) is 4. The maximum Gasteiger partial charge on any atom is 0.237 e. The zero-order valence-corrected chi connectivity index (χ0v) is 18.1. The molecule has 2 aliphatic heterocycles. The number of anilines is 1. The molecule has 2 aromatic carbocycles. The molecule has 6 heteroatoms. The summed E-state index contributed by atoms with van der Waals surface area (Å²) in [6.07, 6.45) is 3.42. The Morgan fingerprint density at radius 3 is 2.74 bits per heavy atom. The fraction of sp³-hybridized carbons (Fsp3) is 0.440. The smallest absolute Gasteiger partial charge is 0.237 e. The lowest BCUT2D eigenvalue weighted by Crippen LogP contribution is -2.56. The molecule has 1 saturated heterocycles. The van der Waals surface area contributed by atoms with E-state index >= 15 is 0 Å². The Balaban J connectivity index is 1.24. The Hall–Kier alpha value is -2.86. The number of para-hydroxylation sites is 1. The number of hydrogen-bond donors (Lipinski definition) is 2. The molecule has 1 fully saturated rings. The molecular formula is C25H32N4O2. The molecule has 0 radical (unpaired) electrons. The third-order valence-electron chi connectivity index (χ3n) is 6.18. The van der Waals surface area contributed by atoms with Crippen LogP contribution in [0.25, 0.3) is 0 Å². The lowest BCUT2D eigenvalue weighted by Gasteiger charge is -2.34. The van der Waals surface area contributed by atoms with Crippen LogP contribution in [0.1, 0.15) is 30.4 Å². The van der Waals surface area contributed by atoms with Crippen LogP contribution in [0.5, 0.6) is 0 Å². The van der Waals surface area contributed by atoms with Crippen molar-refractivity contribution >= 4 is 17.5 Å². The Morgan fingerprint density at radius 2 is 1.87 bits per heavy atom. The molecule has 31 heavy (non-hydrogen) atoms. The van der Waals surface area contributed by atoms with E-state index < -0.39 is 6.04 Å². The minimum absolute atomic E-state index is 0.0535. The normalized spacial score (nSPS) is 18.9.